The fourth-order valence-corrected chi connectivity index (χ4v) is 1.76. The second-order valence-corrected chi connectivity index (χ2v) is 4.10. The van der Waals surface area contributed by atoms with Crippen molar-refractivity contribution in [2.75, 3.05) is 6.61 Å². The Labute approximate surface area is 91.6 Å². The highest BCUT2D eigenvalue weighted by Gasteiger charge is 2.28. The highest BCUT2D eigenvalue weighted by Crippen LogP contribution is 2.19. The number of ether oxygens (including phenoxy) is 1. The SMILES string of the molecule is C#CCC(CC)NC(=O)C1COC(C)C1. The molecule has 1 fully saturated rings. The molecular weight excluding hydrogens is 190 g/mol. The molecule has 0 spiro atoms. The lowest BCUT2D eigenvalue weighted by atomic mass is 10.0. The largest absolute Gasteiger partial charge is 0.378 e. The van der Waals surface area contributed by atoms with E-state index in [-0.39, 0.29) is 24.0 Å². The van der Waals surface area contributed by atoms with Crippen molar-refractivity contribution in [3.63, 3.8) is 0 Å². The van der Waals surface area contributed by atoms with Crippen molar-refractivity contribution in [3.8, 4) is 12.3 Å². The lowest BCUT2D eigenvalue weighted by Crippen LogP contribution is -2.38. The molecule has 1 amide bonds. The molecule has 1 saturated heterocycles. The third-order valence-electron chi connectivity index (χ3n) is 2.77. The Morgan fingerprint density at radius 2 is 2.47 bits per heavy atom. The molecule has 3 nitrogen and oxygen atoms in total. The number of amides is 1. The highest BCUT2D eigenvalue weighted by atomic mass is 16.5. The molecule has 1 aliphatic heterocycles. The molecule has 1 rings (SSSR count). The number of rotatable bonds is 4. The zero-order valence-corrected chi connectivity index (χ0v) is 9.45. The van der Waals surface area contributed by atoms with Crippen LogP contribution in [0.5, 0.6) is 0 Å². The Morgan fingerprint density at radius 3 is 2.93 bits per heavy atom. The fourth-order valence-electron chi connectivity index (χ4n) is 1.76. The first-order valence-electron chi connectivity index (χ1n) is 5.52. The summed E-state index contributed by atoms with van der Waals surface area (Å²) in [5.41, 5.74) is 0. The first kappa shape index (κ1) is 12.1. The number of nitrogens with one attached hydrogen (secondary N) is 1. The van der Waals surface area contributed by atoms with Gasteiger partial charge in [0.2, 0.25) is 5.91 Å². The molecule has 1 aliphatic rings. The van der Waals surface area contributed by atoms with Crippen LogP contribution in [-0.4, -0.2) is 24.7 Å². The van der Waals surface area contributed by atoms with Gasteiger partial charge in [-0.15, -0.1) is 12.3 Å². The van der Waals surface area contributed by atoms with E-state index < -0.39 is 0 Å². The van der Waals surface area contributed by atoms with Gasteiger partial charge >= 0.3 is 0 Å². The van der Waals surface area contributed by atoms with Crippen LogP contribution in [-0.2, 0) is 9.53 Å². The van der Waals surface area contributed by atoms with E-state index >= 15 is 0 Å². The summed E-state index contributed by atoms with van der Waals surface area (Å²) >= 11 is 0. The summed E-state index contributed by atoms with van der Waals surface area (Å²) in [5.74, 6) is 2.67. The topological polar surface area (TPSA) is 38.3 Å². The lowest BCUT2D eigenvalue weighted by molar-refractivity contribution is -0.125. The summed E-state index contributed by atoms with van der Waals surface area (Å²) in [6, 6.07) is 0.110. The van der Waals surface area contributed by atoms with E-state index in [9.17, 15) is 4.79 Å². The number of carbonyl (C=O) groups excluding carboxylic acids is 1. The van der Waals surface area contributed by atoms with Crippen LogP contribution in [0.1, 0.15) is 33.1 Å². The minimum absolute atomic E-state index is 0.00632. The zero-order valence-electron chi connectivity index (χ0n) is 9.45. The van der Waals surface area contributed by atoms with E-state index in [0.29, 0.717) is 13.0 Å². The normalized spacial score (nSPS) is 27.0. The van der Waals surface area contributed by atoms with E-state index in [1.807, 2.05) is 13.8 Å². The van der Waals surface area contributed by atoms with Gasteiger partial charge in [-0.3, -0.25) is 4.79 Å². The summed E-state index contributed by atoms with van der Waals surface area (Å²) in [6.07, 6.45) is 7.73. The maximum atomic E-state index is 11.8. The first-order valence-corrected chi connectivity index (χ1v) is 5.52. The van der Waals surface area contributed by atoms with Gasteiger partial charge in [0.1, 0.15) is 0 Å². The van der Waals surface area contributed by atoms with Gasteiger partial charge in [0.05, 0.1) is 18.6 Å². The van der Waals surface area contributed by atoms with Crippen LogP contribution < -0.4 is 5.32 Å². The minimum Gasteiger partial charge on any atom is -0.378 e. The smallest absolute Gasteiger partial charge is 0.225 e. The van der Waals surface area contributed by atoms with Crippen molar-refractivity contribution in [1.29, 1.82) is 0 Å². The molecule has 1 heterocycles. The molecule has 84 valence electrons. The summed E-state index contributed by atoms with van der Waals surface area (Å²) in [5, 5.41) is 2.97. The standard InChI is InChI=1S/C12H19NO2/c1-4-6-11(5-2)13-12(14)10-7-9(3)15-8-10/h1,9-11H,5-8H2,2-3H3,(H,13,14). The predicted octanol–water partition coefficient (Wildman–Crippen LogP) is 1.33. The van der Waals surface area contributed by atoms with E-state index in [1.54, 1.807) is 0 Å². The molecule has 0 aromatic heterocycles. The van der Waals surface area contributed by atoms with Crippen LogP contribution in [0.15, 0.2) is 0 Å². The number of carbonyl (C=O) groups is 1. The van der Waals surface area contributed by atoms with E-state index in [4.69, 9.17) is 11.2 Å². The Bertz CT molecular complexity index is 257. The van der Waals surface area contributed by atoms with Gasteiger partial charge in [-0.05, 0) is 19.8 Å². The molecular formula is C12H19NO2. The zero-order chi connectivity index (χ0) is 11.3. The molecule has 3 unspecified atom stereocenters. The average molecular weight is 209 g/mol. The lowest BCUT2D eigenvalue weighted by Gasteiger charge is -2.16. The van der Waals surface area contributed by atoms with Crippen molar-refractivity contribution < 1.29 is 9.53 Å². The molecule has 0 aliphatic carbocycles. The Morgan fingerprint density at radius 1 is 1.73 bits per heavy atom. The van der Waals surface area contributed by atoms with Crippen LogP contribution in [0, 0.1) is 18.3 Å². The highest BCUT2D eigenvalue weighted by molar-refractivity contribution is 5.79. The molecule has 0 saturated carbocycles. The van der Waals surface area contributed by atoms with Gasteiger partial charge in [-0.2, -0.15) is 0 Å². The van der Waals surface area contributed by atoms with Crippen molar-refractivity contribution in [3.05, 3.63) is 0 Å². The quantitative estimate of drug-likeness (QED) is 0.709. The van der Waals surface area contributed by atoms with Crippen LogP contribution in [0.2, 0.25) is 0 Å². The van der Waals surface area contributed by atoms with E-state index in [1.165, 1.54) is 0 Å². The van der Waals surface area contributed by atoms with Crippen molar-refractivity contribution >= 4 is 5.91 Å². The average Bonchev–Trinajstić information content (AvgIpc) is 2.64. The molecule has 0 radical (unpaired) electrons. The molecule has 0 aromatic rings. The van der Waals surface area contributed by atoms with Gasteiger partial charge in [-0.1, -0.05) is 6.92 Å². The van der Waals surface area contributed by atoms with Crippen molar-refractivity contribution in [1.82, 2.24) is 5.32 Å². The van der Waals surface area contributed by atoms with Crippen molar-refractivity contribution in [2.45, 2.75) is 45.3 Å². The van der Waals surface area contributed by atoms with E-state index in [0.717, 1.165) is 12.8 Å². The summed E-state index contributed by atoms with van der Waals surface area (Å²) < 4.78 is 5.36. The van der Waals surface area contributed by atoms with E-state index in [2.05, 4.69) is 11.2 Å². The maximum Gasteiger partial charge on any atom is 0.225 e. The molecule has 1 N–H and O–H groups in total. The van der Waals surface area contributed by atoms with Gasteiger partial charge in [0.25, 0.3) is 0 Å². The van der Waals surface area contributed by atoms with Gasteiger partial charge in [0, 0.05) is 12.5 Å². The summed E-state index contributed by atoms with van der Waals surface area (Å²) in [6.45, 7) is 4.56. The van der Waals surface area contributed by atoms with Crippen LogP contribution >= 0.6 is 0 Å². The minimum atomic E-state index is 0.00632. The van der Waals surface area contributed by atoms with Crippen molar-refractivity contribution in [2.24, 2.45) is 5.92 Å². The number of hydrogen-bond donors (Lipinski definition) is 1. The monoisotopic (exact) mass is 209 g/mol. The maximum absolute atomic E-state index is 11.8. The second-order valence-electron chi connectivity index (χ2n) is 4.10. The molecule has 15 heavy (non-hydrogen) atoms. The predicted molar refractivity (Wildman–Crippen MR) is 59.2 cm³/mol. The van der Waals surface area contributed by atoms with Crippen LogP contribution in [0.4, 0.5) is 0 Å². The fraction of sp³-hybridized carbons (Fsp3) is 0.750. The van der Waals surface area contributed by atoms with Crippen LogP contribution in [0.25, 0.3) is 0 Å². The molecule has 3 heteroatoms. The molecule has 3 atom stereocenters. The third kappa shape index (κ3) is 3.56. The Balaban J connectivity index is 2.37. The van der Waals surface area contributed by atoms with Gasteiger partial charge in [-0.25, -0.2) is 0 Å². The summed E-state index contributed by atoms with van der Waals surface area (Å²) in [7, 11) is 0. The number of terminal acetylenes is 1. The first-order chi connectivity index (χ1) is 7.17. The summed E-state index contributed by atoms with van der Waals surface area (Å²) in [4.78, 5) is 11.8. The number of hydrogen-bond acceptors (Lipinski definition) is 2. The molecule has 0 aromatic carbocycles. The van der Waals surface area contributed by atoms with Gasteiger partial charge < -0.3 is 10.1 Å². The second kappa shape index (κ2) is 5.77. The third-order valence-corrected chi connectivity index (χ3v) is 2.77. The van der Waals surface area contributed by atoms with Crippen LogP contribution in [0.3, 0.4) is 0 Å². The Hall–Kier alpha value is -1.01. The van der Waals surface area contributed by atoms with Gasteiger partial charge in [0.15, 0.2) is 0 Å². The Kier molecular flexibility index (Phi) is 4.64. The molecule has 0 bridgehead atoms.